The van der Waals surface area contributed by atoms with Crippen molar-refractivity contribution in [3.05, 3.63) is 163 Å². The van der Waals surface area contributed by atoms with E-state index in [1.165, 1.54) is 0 Å². The Morgan fingerprint density at radius 1 is 0.567 bits per heavy atom. The van der Waals surface area contributed by atoms with E-state index in [2.05, 4.69) is 27.7 Å². The molecule has 0 saturated heterocycles. The molecule has 0 unspecified atom stereocenters. The minimum Gasteiger partial charge on any atom is -0.494 e. The molecule has 0 atom stereocenters. The quantitative estimate of drug-likeness (QED) is 0.0559. The maximum absolute atomic E-state index is 14.3. The number of nitrogens with zero attached hydrogens (tertiary/aromatic N) is 2. The van der Waals surface area contributed by atoms with Crippen LogP contribution in [0.5, 0.6) is 11.5 Å². The number of hydrogen-bond donors (Lipinski definition) is 0. The zero-order valence-corrected chi connectivity index (χ0v) is 38.4. The van der Waals surface area contributed by atoms with Crippen molar-refractivity contribution >= 4 is 74.9 Å². The molecule has 0 N–H and O–H groups in total. The summed E-state index contributed by atoms with van der Waals surface area (Å²) in [6.07, 6.45) is 5.74. The van der Waals surface area contributed by atoms with Crippen LogP contribution in [0.15, 0.2) is 109 Å². The second-order valence-electron chi connectivity index (χ2n) is 16.3. The highest BCUT2D eigenvalue weighted by molar-refractivity contribution is 6.53. The Morgan fingerprint density at radius 2 is 0.917 bits per heavy atom. The Hall–Kier alpha value is -4.59. The topological polar surface area (TPSA) is 51.2 Å². The second kappa shape index (κ2) is 19.4. The van der Waals surface area contributed by atoms with Crippen LogP contribution in [0.1, 0.15) is 78.7 Å². The fraction of sp³-hybridized carbons (Fsp3) is 0.300. The molecule has 1 aliphatic rings. The third kappa shape index (κ3) is 10.1. The molecular formula is C50H52Cl4N2O4. The van der Waals surface area contributed by atoms with E-state index in [0.717, 1.165) is 69.1 Å². The molecule has 1 heterocycles. The molecule has 0 amide bonds. The lowest BCUT2D eigenvalue weighted by atomic mass is 9.83. The highest BCUT2D eigenvalue weighted by Gasteiger charge is 2.48. The van der Waals surface area contributed by atoms with Crippen molar-refractivity contribution in [3.8, 4) is 11.5 Å². The number of halogens is 4. The number of fused-ring (bicyclic) bond motifs is 1. The normalized spacial score (nSPS) is 15.3. The molecule has 5 aromatic carbocycles. The van der Waals surface area contributed by atoms with Gasteiger partial charge in [0.05, 0.1) is 38.9 Å². The molecule has 314 valence electrons. The number of carbonyl (C=O) groups excluding carboxylic acids is 1. The third-order valence-electron chi connectivity index (χ3n) is 10.5. The van der Waals surface area contributed by atoms with Gasteiger partial charge in [-0.15, -0.1) is 0 Å². The molecular weight excluding hydrogens is 834 g/mol. The second-order valence-corrected chi connectivity index (χ2v) is 17.8. The Labute approximate surface area is 375 Å². The van der Waals surface area contributed by atoms with Crippen LogP contribution < -0.4 is 19.3 Å². The van der Waals surface area contributed by atoms with Crippen LogP contribution in [0.4, 0.5) is 11.4 Å². The molecule has 60 heavy (non-hydrogen) atoms. The molecule has 0 bridgehead atoms. The first kappa shape index (κ1) is 44.9. The summed E-state index contributed by atoms with van der Waals surface area (Å²) in [5, 5.41) is 0.0233. The highest BCUT2D eigenvalue weighted by Crippen LogP contribution is 2.53. The van der Waals surface area contributed by atoms with Crippen molar-refractivity contribution < 1.29 is 19.0 Å². The van der Waals surface area contributed by atoms with Gasteiger partial charge in [0.1, 0.15) is 11.5 Å². The predicted octanol–water partition coefficient (Wildman–Crippen LogP) is 13.9. The average Bonchev–Trinajstić information content (AvgIpc) is 3.52. The summed E-state index contributed by atoms with van der Waals surface area (Å²) < 4.78 is 18.8. The zero-order chi connectivity index (χ0) is 43.3. The van der Waals surface area contributed by atoms with Gasteiger partial charge in [0.2, 0.25) is 0 Å². The van der Waals surface area contributed by atoms with Crippen LogP contribution in [0.25, 0.3) is 11.1 Å². The number of benzene rings is 5. The van der Waals surface area contributed by atoms with Gasteiger partial charge in [-0.2, -0.15) is 0 Å². The smallest absolute Gasteiger partial charge is 0.341 e. The number of esters is 1. The highest BCUT2D eigenvalue weighted by atomic mass is 35.5. The molecule has 0 aromatic heterocycles. The number of ether oxygens (including phenoxy) is 3. The van der Waals surface area contributed by atoms with Crippen molar-refractivity contribution in [1.82, 2.24) is 0 Å². The standard InChI is InChI=1S/C50H52Cl4N2O4/c1-31(2)25-27-58-39-21-13-35(14-22-39)41(33-9-17-37(18-10-33)55(5)6)29-50(44-43(49(57)60-50)45(51)47(53)48(54)46(44)52)30-42(34-11-19-38(20-12-34)56(7)8)36-15-23-40(24-16-36)59-28-26-32(3)4/h9-24,29-32H,25-28H2,1-8H3. The average molecular weight is 887 g/mol. The van der Waals surface area contributed by atoms with Crippen LogP contribution in [0, 0.1) is 11.8 Å². The maximum Gasteiger partial charge on any atom is 0.341 e. The number of anilines is 2. The van der Waals surface area contributed by atoms with E-state index in [0.29, 0.717) is 30.6 Å². The number of cyclic esters (lactones) is 1. The fourth-order valence-electron chi connectivity index (χ4n) is 6.95. The molecule has 0 aliphatic carbocycles. The number of rotatable bonds is 16. The zero-order valence-electron chi connectivity index (χ0n) is 35.4. The summed E-state index contributed by atoms with van der Waals surface area (Å²) in [6, 6.07) is 32.2. The lowest BCUT2D eigenvalue weighted by Gasteiger charge is -2.27. The minimum absolute atomic E-state index is 0.0196. The Kier molecular flexibility index (Phi) is 14.5. The van der Waals surface area contributed by atoms with Crippen molar-refractivity contribution in [2.75, 3.05) is 51.2 Å². The van der Waals surface area contributed by atoms with Gasteiger partial charge in [-0.1, -0.05) is 123 Å². The van der Waals surface area contributed by atoms with Crippen LogP contribution in [0.3, 0.4) is 0 Å². The molecule has 6 nitrogen and oxygen atoms in total. The van der Waals surface area contributed by atoms with Gasteiger partial charge >= 0.3 is 5.97 Å². The van der Waals surface area contributed by atoms with Gasteiger partial charge in [0.25, 0.3) is 0 Å². The Morgan fingerprint density at radius 3 is 1.27 bits per heavy atom. The van der Waals surface area contributed by atoms with Gasteiger partial charge in [-0.05, 0) is 119 Å². The van der Waals surface area contributed by atoms with Crippen LogP contribution in [-0.2, 0) is 10.3 Å². The van der Waals surface area contributed by atoms with Crippen molar-refractivity contribution in [2.45, 2.75) is 46.1 Å². The summed E-state index contributed by atoms with van der Waals surface area (Å²) in [5.41, 5.74) is 5.71. The SMILES string of the molecule is CC(C)CCOc1ccc(C(=CC2(C=C(c3ccc(OCCC(C)C)cc3)c3ccc(N(C)C)cc3)OC(=O)c3c(Cl)c(Cl)c(Cl)c(Cl)c32)c2ccc(N(C)C)cc2)cc1. The van der Waals surface area contributed by atoms with E-state index in [-0.39, 0.29) is 25.7 Å². The first-order valence-electron chi connectivity index (χ1n) is 20.2. The molecule has 10 heteroatoms. The number of carbonyl (C=O) groups is 1. The van der Waals surface area contributed by atoms with Gasteiger partial charge < -0.3 is 24.0 Å². The van der Waals surface area contributed by atoms with E-state index < -0.39 is 11.6 Å². The predicted molar refractivity (Wildman–Crippen MR) is 252 cm³/mol. The van der Waals surface area contributed by atoms with Crippen LogP contribution >= 0.6 is 46.4 Å². The van der Waals surface area contributed by atoms with E-state index >= 15 is 0 Å². The molecule has 1 aliphatic heterocycles. The maximum atomic E-state index is 14.3. The summed E-state index contributed by atoms with van der Waals surface area (Å²) in [4.78, 5) is 18.4. The van der Waals surface area contributed by atoms with Crippen LogP contribution in [-0.4, -0.2) is 47.4 Å². The van der Waals surface area contributed by atoms with Crippen molar-refractivity contribution in [2.24, 2.45) is 11.8 Å². The monoisotopic (exact) mass is 884 g/mol. The van der Waals surface area contributed by atoms with Crippen molar-refractivity contribution in [1.29, 1.82) is 0 Å². The fourth-order valence-corrected chi connectivity index (χ4v) is 8.03. The summed E-state index contributed by atoms with van der Waals surface area (Å²) in [7, 11) is 7.98. The lowest BCUT2D eigenvalue weighted by Crippen LogP contribution is -2.23. The van der Waals surface area contributed by atoms with E-state index in [9.17, 15) is 4.79 Å². The van der Waals surface area contributed by atoms with E-state index in [1.807, 2.05) is 147 Å². The molecule has 0 saturated carbocycles. The van der Waals surface area contributed by atoms with E-state index in [4.69, 9.17) is 60.6 Å². The van der Waals surface area contributed by atoms with Gasteiger partial charge in [-0.3, -0.25) is 0 Å². The summed E-state index contributed by atoms with van der Waals surface area (Å²) >= 11 is 27.5. The van der Waals surface area contributed by atoms with E-state index in [1.54, 1.807) is 0 Å². The largest absolute Gasteiger partial charge is 0.494 e. The molecule has 0 fully saturated rings. The first-order chi connectivity index (χ1) is 28.6. The third-order valence-corrected chi connectivity index (χ3v) is 12.3. The lowest BCUT2D eigenvalue weighted by molar-refractivity contribution is 0.0300. The van der Waals surface area contributed by atoms with Crippen LogP contribution in [0.2, 0.25) is 20.1 Å². The molecule has 0 radical (unpaired) electrons. The number of hydrogen-bond acceptors (Lipinski definition) is 6. The van der Waals surface area contributed by atoms with Crippen molar-refractivity contribution in [3.63, 3.8) is 0 Å². The molecule has 0 spiro atoms. The van der Waals surface area contributed by atoms with Gasteiger partial charge in [0, 0.05) is 45.1 Å². The van der Waals surface area contributed by atoms with Gasteiger partial charge in [-0.25, -0.2) is 4.79 Å². The molecule has 5 aromatic rings. The molecule has 6 rings (SSSR count). The van der Waals surface area contributed by atoms with Gasteiger partial charge in [0.15, 0.2) is 5.60 Å². The summed E-state index contributed by atoms with van der Waals surface area (Å²) in [6.45, 7) is 9.91. The first-order valence-corrected chi connectivity index (χ1v) is 21.7. The Bertz CT molecular complexity index is 2230. The summed E-state index contributed by atoms with van der Waals surface area (Å²) in [5.74, 6) is 1.86. The Balaban J connectivity index is 1.64. The minimum atomic E-state index is -1.65.